The van der Waals surface area contributed by atoms with E-state index in [-0.39, 0.29) is 13.0 Å². The first-order valence-electron chi connectivity index (χ1n) is 12.0. The molecule has 0 aliphatic carbocycles. The van der Waals surface area contributed by atoms with E-state index in [9.17, 15) is 8.78 Å². The molecule has 1 aliphatic rings. The molecule has 0 saturated carbocycles. The standard InChI is InChI=1S/C27H20F3N7O/c28-21-9-22-20(8-19(21)17-7-15(10-31-11-17)12-37-5-3-27(29,30)14-37)24(36-35-22)26-33-23-18(16-2-6-38-13-16)1-4-32-25(23)34-26/h1-2,4,6-11,13H,3,5,12,14H2,(H,35,36)(H,32,33,34). The quantitative estimate of drug-likeness (QED) is 0.301. The SMILES string of the molecule is Fc1cc2[nH]nc(-c3nc4nccc(-c5ccoc5)c4[nH]3)c2cc1-c1cncc(CN2CCC(F)(F)C2)c1. The number of nitrogens with one attached hydrogen (secondary N) is 2. The molecule has 2 N–H and O–H groups in total. The van der Waals surface area contributed by atoms with Gasteiger partial charge in [0.05, 0.1) is 30.1 Å². The lowest BCUT2D eigenvalue weighted by atomic mass is 10.0. The lowest BCUT2D eigenvalue weighted by molar-refractivity contribution is 0.0115. The number of imidazole rings is 1. The summed E-state index contributed by atoms with van der Waals surface area (Å²) in [6, 6.07) is 8.59. The zero-order chi connectivity index (χ0) is 25.9. The van der Waals surface area contributed by atoms with Crippen LogP contribution in [0, 0.1) is 5.82 Å². The van der Waals surface area contributed by atoms with Gasteiger partial charge in [-0.15, -0.1) is 0 Å². The van der Waals surface area contributed by atoms with Crippen LogP contribution in [-0.4, -0.2) is 54.0 Å². The summed E-state index contributed by atoms with van der Waals surface area (Å²) in [5.41, 5.74) is 5.65. The fourth-order valence-electron chi connectivity index (χ4n) is 5.04. The molecule has 0 radical (unpaired) electrons. The van der Waals surface area contributed by atoms with Crippen molar-refractivity contribution in [1.82, 2.24) is 35.0 Å². The van der Waals surface area contributed by atoms with E-state index >= 15 is 4.39 Å². The minimum Gasteiger partial charge on any atom is -0.472 e. The number of aromatic amines is 2. The predicted octanol–water partition coefficient (Wildman–Crippen LogP) is 5.80. The number of halogens is 3. The lowest BCUT2D eigenvalue weighted by Crippen LogP contribution is -2.24. The summed E-state index contributed by atoms with van der Waals surface area (Å²) >= 11 is 0. The second-order valence-corrected chi connectivity index (χ2v) is 9.50. The van der Waals surface area contributed by atoms with Gasteiger partial charge in [-0.1, -0.05) is 0 Å². The average molecular weight is 515 g/mol. The van der Waals surface area contributed by atoms with E-state index in [1.165, 1.54) is 6.07 Å². The van der Waals surface area contributed by atoms with Crippen LogP contribution in [0.25, 0.3) is 55.8 Å². The first-order valence-corrected chi connectivity index (χ1v) is 12.0. The summed E-state index contributed by atoms with van der Waals surface area (Å²) in [6.45, 7) is 0.345. The lowest BCUT2D eigenvalue weighted by Gasteiger charge is -2.16. The molecule has 0 spiro atoms. The molecule has 0 atom stereocenters. The smallest absolute Gasteiger partial charge is 0.261 e. The number of hydrogen-bond donors (Lipinski definition) is 2. The maximum absolute atomic E-state index is 15.2. The molecule has 8 nitrogen and oxygen atoms in total. The van der Waals surface area contributed by atoms with Crippen LogP contribution in [-0.2, 0) is 6.54 Å². The van der Waals surface area contributed by atoms with Gasteiger partial charge < -0.3 is 9.40 Å². The minimum atomic E-state index is -2.68. The Labute approximate surface area is 213 Å². The predicted molar refractivity (Wildman–Crippen MR) is 135 cm³/mol. The van der Waals surface area contributed by atoms with Crippen molar-refractivity contribution in [2.45, 2.75) is 18.9 Å². The van der Waals surface area contributed by atoms with Gasteiger partial charge in [-0.2, -0.15) is 5.10 Å². The highest BCUT2D eigenvalue weighted by atomic mass is 19.3. The highest BCUT2D eigenvalue weighted by Gasteiger charge is 2.37. The third-order valence-electron chi connectivity index (χ3n) is 6.86. The zero-order valence-corrected chi connectivity index (χ0v) is 19.9. The van der Waals surface area contributed by atoms with Gasteiger partial charge in [-0.3, -0.25) is 15.0 Å². The molecule has 38 heavy (non-hydrogen) atoms. The number of fused-ring (bicyclic) bond motifs is 2. The molecule has 6 heterocycles. The Bertz CT molecular complexity index is 1790. The molecular weight excluding hydrogens is 495 g/mol. The van der Waals surface area contributed by atoms with Crippen molar-refractivity contribution in [3.63, 3.8) is 0 Å². The van der Waals surface area contributed by atoms with Gasteiger partial charge in [0.1, 0.15) is 11.5 Å². The summed E-state index contributed by atoms with van der Waals surface area (Å²) < 4.78 is 47.7. The summed E-state index contributed by atoms with van der Waals surface area (Å²) in [7, 11) is 0. The van der Waals surface area contributed by atoms with Crippen molar-refractivity contribution < 1.29 is 17.6 Å². The van der Waals surface area contributed by atoms with Crippen molar-refractivity contribution in [3.8, 4) is 33.8 Å². The Kier molecular flexibility index (Phi) is 5.08. The van der Waals surface area contributed by atoms with Crippen molar-refractivity contribution in [2.24, 2.45) is 0 Å². The topological polar surface area (TPSA) is 99.5 Å². The monoisotopic (exact) mass is 515 g/mol. The number of nitrogens with zero attached hydrogens (tertiary/aromatic N) is 5. The van der Waals surface area contributed by atoms with Gasteiger partial charge in [-0.25, -0.2) is 23.1 Å². The number of furan rings is 1. The second-order valence-electron chi connectivity index (χ2n) is 9.50. The van der Waals surface area contributed by atoms with Gasteiger partial charge in [0.25, 0.3) is 5.92 Å². The number of rotatable bonds is 5. The number of aromatic nitrogens is 6. The van der Waals surface area contributed by atoms with Crippen molar-refractivity contribution in [2.75, 3.05) is 13.1 Å². The molecule has 1 aliphatic heterocycles. The van der Waals surface area contributed by atoms with Crippen LogP contribution in [0.15, 0.2) is 65.9 Å². The molecule has 11 heteroatoms. The normalized spacial score (nSPS) is 15.7. The van der Waals surface area contributed by atoms with Gasteiger partial charge in [-0.05, 0) is 29.8 Å². The van der Waals surface area contributed by atoms with Gasteiger partial charge in [0, 0.05) is 71.8 Å². The number of benzene rings is 1. The fourth-order valence-corrected chi connectivity index (χ4v) is 5.04. The van der Waals surface area contributed by atoms with Crippen LogP contribution in [0.5, 0.6) is 0 Å². The molecule has 7 rings (SSSR count). The van der Waals surface area contributed by atoms with Crippen LogP contribution >= 0.6 is 0 Å². The van der Waals surface area contributed by atoms with Gasteiger partial charge in [0.2, 0.25) is 0 Å². The molecule has 6 aromatic rings. The van der Waals surface area contributed by atoms with E-state index < -0.39 is 11.7 Å². The summed E-state index contributed by atoms with van der Waals surface area (Å²) in [5.74, 6) is -2.65. The molecular formula is C27H20F3N7O. The summed E-state index contributed by atoms with van der Waals surface area (Å²) in [6.07, 6.45) is 7.95. The highest BCUT2D eigenvalue weighted by molar-refractivity contribution is 5.97. The Morgan fingerprint density at radius 3 is 2.82 bits per heavy atom. The van der Waals surface area contributed by atoms with E-state index in [1.807, 2.05) is 12.1 Å². The van der Waals surface area contributed by atoms with Crippen LogP contribution < -0.4 is 0 Å². The number of alkyl halides is 2. The Hall–Kier alpha value is -4.51. The third-order valence-corrected chi connectivity index (χ3v) is 6.86. The van der Waals surface area contributed by atoms with E-state index in [2.05, 4.69) is 30.1 Å². The first kappa shape index (κ1) is 22.7. The van der Waals surface area contributed by atoms with Crippen LogP contribution in [0.1, 0.15) is 12.0 Å². The number of H-pyrrole nitrogens is 2. The molecule has 1 fully saturated rings. The fraction of sp³-hybridized carbons (Fsp3) is 0.185. The van der Waals surface area contributed by atoms with Gasteiger partial charge in [0.15, 0.2) is 11.5 Å². The summed E-state index contributed by atoms with van der Waals surface area (Å²) in [4.78, 5) is 18.2. The minimum absolute atomic E-state index is 0.157. The van der Waals surface area contributed by atoms with Gasteiger partial charge >= 0.3 is 0 Å². The molecule has 5 aromatic heterocycles. The molecule has 0 bridgehead atoms. The number of hydrogen-bond acceptors (Lipinski definition) is 6. The summed E-state index contributed by atoms with van der Waals surface area (Å²) in [5, 5.41) is 7.95. The van der Waals surface area contributed by atoms with Crippen molar-refractivity contribution in [1.29, 1.82) is 0 Å². The highest BCUT2D eigenvalue weighted by Crippen LogP contribution is 2.34. The molecule has 1 saturated heterocycles. The Morgan fingerprint density at radius 1 is 1.08 bits per heavy atom. The van der Waals surface area contributed by atoms with E-state index in [4.69, 9.17) is 4.42 Å². The third kappa shape index (κ3) is 3.91. The maximum atomic E-state index is 15.2. The molecule has 190 valence electrons. The molecule has 1 aromatic carbocycles. The Balaban J connectivity index is 1.27. The average Bonchev–Trinajstić information content (AvgIpc) is 3.69. The van der Waals surface area contributed by atoms with Crippen LogP contribution in [0.4, 0.5) is 13.2 Å². The second kappa shape index (κ2) is 8.52. The Morgan fingerprint density at radius 2 is 2.00 bits per heavy atom. The molecule has 0 amide bonds. The maximum Gasteiger partial charge on any atom is 0.261 e. The van der Waals surface area contributed by atoms with E-state index in [1.54, 1.807) is 48.1 Å². The van der Waals surface area contributed by atoms with Crippen molar-refractivity contribution >= 4 is 22.1 Å². The largest absolute Gasteiger partial charge is 0.472 e. The zero-order valence-electron chi connectivity index (χ0n) is 19.9. The van der Waals surface area contributed by atoms with E-state index in [0.717, 1.165) is 22.2 Å². The van der Waals surface area contributed by atoms with Crippen LogP contribution in [0.3, 0.4) is 0 Å². The number of pyridine rings is 2. The van der Waals surface area contributed by atoms with E-state index in [0.29, 0.717) is 52.3 Å². The molecule has 0 unspecified atom stereocenters. The van der Waals surface area contributed by atoms with Crippen LogP contribution in [0.2, 0.25) is 0 Å². The number of likely N-dealkylation sites (tertiary alicyclic amines) is 1. The first-order chi connectivity index (χ1) is 18.4. The van der Waals surface area contributed by atoms with Crippen molar-refractivity contribution in [3.05, 3.63) is 72.8 Å².